The van der Waals surface area contributed by atoms with Gasteiger partial charge in [-0.3, -0.25) is 0 Å². The fourth-order valence-electron chi connectivity index (χ4n) is 5.22. The SMILES string of the molecule is Cc1ccc2c(oc3c2ccc2nc(-c4nc([Si](C)(C)C)nc([Si](C)(C)C)n4)oc23)c1-c1cc([Si](C)(C)C)cc[n+]1C. The quantitative estimate of drug-likeness (QED) is 0.176. The molecule has 0 spiro atoms. The van der Waals surface area contributed by atoms with E-state index in [1.54, 1.807) is 0 Å². The van der Waals surface area contributed by atoms with Gasteiger partial charge in [0.25, 0.3) is 5.89 Å². The number of benzene rings is 2. The first-order valence-electron chi connectivity index (χ1n) is 14.6. The highest BCUT2D eigenvalue weighted by Gasteiger charge is 2.30. The average Bonchev–Trinajstić information content (AvgIpc) is 3.49. The maximum Gasteiger partial charge on any atom is 0.266 e. The summed E-state index contributed by atoms with van der Waals surface area (Å²) in [6, 6.07) is 13.0. The van der Waals surface area contributed by atoms with E-state index in [4.69, 9.17) is 28.8 Å². The number of hydrogen-bond acceptors (Lipinski definition) is 6. The van der Waals surface area contributed by atoms with Crippen LogP contribution in [0.15, 0.2) is 51.4 Å². The predicted molar refractivity (Wildman–Crippen MR) is 180 cm³/mol. The van der Waals surface area contributed by atoms with Crippen molar-refractivity contribution in [2.75, 3.05) is 0 Å². The third-order valence-electron chi connectivity index (χ3n) is 7.81. The number of aryl methyl sites for hydroxylation is 2. The van der Waals surface area contributed by atoms with Gasteiger partial charge < -0.3 is 8.83 Å². The van der Waals surface area contributed by atoms with E-state index in [0.717, 1.165) is 44.0 Å². The summed E-state index contributed by atoms with van der Waals surface area (Å²) in [5.41, 5.74) is 8.10. The highest BCUT2D eigenvalue weighted by Crippen LogP contribution is 2.40. The van der Waals surface area contributed by atoms with E-state index in [9.17, 15) is 0 Å². The molecule has 6 aromatic rings. The van der Waals surface area contributed by atoms with Gasteiger partial charge in [0, 0.05) is 22.9 Å². The molecule has 0 radical (unpaired) electrons. The monoisotopic (exact) mass is 610 g/mol. The van der Waals surface area contributed by atoms with Crippen molar-refractivity contribution in [1.82, 2.24) is 19.9 Å². The Bertz CT molecular complexity index is 1990. The number of fused-ring (bicyclic) bond motifs is 5. The highest BCUT2D eigenvalue weighted by molar-refractivity contribution is 6.89. The largest absolute Gasteiger partial charge is 0.451 e. The zero-order chi connectivity index (χ0) is 30.4. The highest BCUT2D eigenvalue weighted by atomic mass is 28.3. The molecule has 0 unspecified atom stereocenters. The van der Waals surface area contributed by atoms with E-state index >= 15 is 0 Å². The molecule has 4 heterocycles. The lowest BCUT2D eigenvalue weighted by Crippen LogP contribution is -2.52. The van der Waals surface area contributed by atoms with E-state index in [1.165, 1.54) is 10.8 Å². The van der Waals surface area contributed by atoms with Gasteiger partial charge in [0.1, 0.15) is 45.2 Å². The smallest absolute Gasteiger partial charge is 0.266 e. The van der Waals surface area contributed by atoms with Crippen LogP contribution in [0.3, 0.4) is 0 Å². The molecule has 2 aromatic carbocycles. The van der Waals surface area contributed by atoms with Gasteiger partial charge in [-0.2, -0.15) is 0 Å². The molecule has 0 aliphatic rings. The summed E-state index contributed by atoms with van der Waals surface area (Å²) in [5.74, 6) is 0.914. The molecule has 216 valence electrons. The number of rotatable bonds is 5. The van der Waals surface area contributed by atoms with Crippen molar-refractivity contribution in [2.24, 2.45) is 7.05 Å². The normalized spacial score (nSPS) is 13.1. The number of pyridine rings is 1. The lowest BCUT2D eigenvalue weighted by Gasteiger charge is -2.19. The van der Waals surface area contributed by atoms with Gasteiger partial charge in [-0.15, -0.1) is 0 Å². The summed E-state index contributed by atoms with van der Waals surface area (Å²) in [7, 11) is -3.02. The molecule has 10 heteroatoms. The molecule has 6 rings (SSSR count). The first-order chi connectivity index (χ1) is 19.5. The van der Waals surface area contributed by atoms with E-state index in [1.807, 2.05) is 6.07 Å². The van der Waals surface area contributed by atoms with Crippen molar-refractivity contribution in [3.05, 3.63) is 48.2 Å². The van der Waals surface area contributed by atoms with Crippen LogP contribution in [0.5, 0.6) is 0 Å². The molecule has 0 fully saturated rings. The lowest BCUT2D eigenvalue weighted by molar-refractivity contribution is -0.660. The molecule has 0 atom stereocenters. The summed E-state index contributed by atoms with van der Waals surface area (Å²) < 4.78 is 15.4. The molecular weight excluding hydrogens is 571 g/mol. The van der Waals surface area contributed by atoms with Crippen LogP contribution in [0.1, 0.15) is 5.56 Å². The van der Waals surface area contributed by atoms with Crippen LogP contribution in [0.4, 0.5) is 0 Å². The predicted octanol–water partition coefficient (Wildman–Crippen LogP) is 6.01. The first-order valence-corrected chi connectivity index (χ1v) is 25.1. The topological polar surface area (TPSA) is 81.7 Å². The summed E-state index contributed by atoms with van der Waals surface area (Å²) in [5, 5.41) is 3.48. The second-order valence-corrected chi connectivity index (χ2v) is 29.5. The lowest BCUT2D eigenvalue weighted by atomic mass is 10.0. The van der Waals surface area contributed by atoms with E-state index in [2.05, 4.69) is 114 Å². The molecule has 0 amide bonds. The second-order valence-electron chi connectivity index (χ2n) is 14.5. The Hall–Kier alpha value is -3.48. The second kappa shape index (κ2) is 9.52. The van der Waals surface area contributed by atoms with Crippen molar-refractivity contribution < 1.29 is 13.4 Å². The summed E-state index contributed by atoms with van der Waals surface area (Å²) in [6.45, 7) is 22.8. The fourth-order valence-corrected chi connectivity index (χ4v) is 8.24. The standard InChI is InChI=1S/C32H40N5O2Si3/c1-19-12-13-21-22-14-15-23-28(27(22)38-26(21)25(19)24-18-20(40(3,4)5)16-17-37(24)2)39-30(33-23)29-34-31(41(6,7)8)36-32(35-29)42(9,10)11/h12-18H,1-11H3/q+1. The first kappa shape index (κ1) is 28.6. The molecule has 42 heavy (non-hydrogen) atoms. The van der Waals surface area contributed by atoms with Gasteiger partial charge >= 0.3 is 0 Å². The van der Waals surface area contributed by atoms with Crippen molar-refractivity contribution in [3.63, 3.8) is 0 Å². The molecule has 0 N–H and O–H groups in total. The third kappa shape index (κ3) is 4.85. The van der Waals surface area contributed by atoms with Gasteiger partial charge in [0.2, 0.25) is 11.5 Å². The van der Waals surface area contributed by atoms with Crippen LogP contribution in [-0.2, 0) is 7.05 Å². The van der Waals surface area contributed by atoms with Crippen LogP contribution in [0, 0.1) is 6.92 Å². The Kier molecular flexibility index (Phi) is 6.49. The van der Waals surface area contributed by atoms with Gasteiger partial charge in [0.15, 0.2) is 17.4 Å². The third-order valence-corrected chi connectivity index (χ3v) is 13.0. The van der Waals surface area contributed by atoms with Gasteiger partial charge in [-0.25, -0.2) is 24.5 Å². The molecule has 0 saturated heterocycles. The van der Waals surface area contributed by atoms with E-state index < -0.39 is 24.2 Å². The number of nitrogens with zero attached hydrogens (tertiary/aromatic N) is 5. The number of hydrogen-bond donors (Lipinski definition) is 0. The number of furan rings is 1. The molecule has 0 bridgehead atoms. The minimum absolute atomic E-state index is 0.407. The van der Waals surface area contributed by atoms with Gasteiger partial charge in [0.05, 0.1) is 13.6 Å². The molecule has 0 aliphatic heterocycles. The molecule has 7 nitrogen and oxygen atoms in total. The summed E-state index contributed by atoms with van der Waals surface area (Å²) >= 11 is 0. The van der Waals surface area contributed by atoms with Crippen molar-refractivity contribution in [3.8, 4) is 23.0 Å². The molecule has 0 aliphatic carbocycles. The maximum atomic E-state index is 6.74. The van der Waals surface area contributed by atoms with Crippen LogP contribution in [-0.4, -0.2) is 44.2 Å². The summed E-state index contributed by atoms with van der Waals surface area (Å²) in [6.07, 6.45) is 2.17. The summed E-state index contributed by atoms with van der Waals surface area (Å²) in [4.78, 5) is 19.5. The maximum absolute atomic E-state index is 6.74. The van der Waals surface area contributed by atoms with Crippen LogP contribution < -0.4 is 20.6 Å². The Morgan fingerprint density at radius 3 is 1.88 bits per heavy atom. The van der Waals surface area contributed by atoms with Crippen molar-refractivity contribution >= 4 is 73.3 Å². The van der Waals surface area contributed by atoms with Crippen LogP contribution >= 0.6 is 0 Å². The van der Waals surface area contributed by atoms with Gasteiger partial charge in [-0.1, -0.05) is 71.1 Å². The van der Waals surface area contributed by atoms with Crippen LogP contribution in [0.25, 0.3) is 56.0 Å². The van der Waals surface area contributed by atoms with Gasteiger partial charge in [-0.05, 0) is 29.8 Å². The Balaban J connectivity index is 1.59. The molecular formula is C32H40N5O2Si3+. The van der Waals surface area contributed by atoms with Crippen molar-refractivity contribution in [2.45, 2.75) is 65.8 Å². The average molecular weight is 611 g/mol. The minimum Gasteiger partial charge on any atom is -0.451 e. The Morgan fingerprint density at radius 1 is 0.643 bits per heavy atom. The molecule has 0 saturated carbocycles. The minimum atomic E-state index is -1.80. The number of aromatic nitrogens is 5. The zero-order valence-electron chi connectivity index (χ0n) is 26.6. The fraction of sp³-hybridized carbons (Fsp3) is 0.344. The Morgan fingerprint density at radius 2 is 1.26 bits per heavy atom. The van der Waals surface area contributed by atoms with Crippen molar-refractivity contribution in [1.29, 1.82) is 0 Å². The Labute approximate surface area is 250 Å². The van der Waals surface area contributed by atoms with E-state index in [0.29, 0.717) is 22.9 Å². The zero-order valence-corrected chi connectivity index (χ0v) is 29.6. The molecule has 4 aromatic heterocycles. The number of oxazole rings is 1. The van der Waals surface area contributed by atoms with E-state index in [-0.39, 0.29) is 0 Å². The van der Waals surface area contributed by atoms with Crippen LogP contribution in [0.2, 0.25) is 58.9 Å².